The molecule has 2 fully saturated rings. The number of ether oxygens (including phenoxy) is 1. The monoisotopic (exact) mass is 456 g/mol. The smallest absolute Gasteiger partial charge is 0.261 e. The first-order valence-corrected chi connectivity index (χ1v) is 11.6. The van der Waals surface area contributed by atoms with E-state index in [-0.39, 0.29) is 23.7 Å². The highest BCUT2D eigenvalue weighted by atomic mass is 32.2. The molecule has 0 bridgehead atoms. The van der Waals surface area contributed by atoms with Crippen molar-refractivity contribution in [2.24, 2.45) is 5.92 Å². The Morgan fingerprint density at radius 3 is 2.81 bits per heavy atom. The third-order valence-corrected chi connectivity index (χ3v) is 7.37. The highest BCUT2D eigenvalue weighted by Crippen LogP contribution is 2.28. The van der Waals surface area contributed by atoms with Crippen molar-refractivity contribution in [1.82, 2.24) is 14.9 Å². The van der Waals surface area contributed by atoms with Gasteiger partial charge in [-0.1, -0.05) is 0 Å². The fourth-order valence-corrected chi connectivity index (χ4v) is 5.15. The number of thioether (sulfide) groups is 1. The molecule has 2 aliphatic rings. The molecule has 3 heterocycles. The van der Waals surface area contributed by atoms with Crippen LogP contribution in [0.5, 0.6) is 0 Å². The third kappa shape index (κ3) is 5.18. The average Bonchev–Trinajstić information content (AvgIpc) is 2.75. The van der Waals surface area contributed by atoms with Crippen LogP contribution in [0, 0.1) is 17.6 Å². The summed E-state index contributed by atoms with van der Waals surface area (Å²) >= 11 is 1.67. The van der Waals surface area contributed by atoms with Gasteiger partial charge in [0.05, 0.1) is 17.0 Å². The Kier molecular flexibility index (Phi) is 7.08. The highest BCUT2D eigenvalue weighted by molar-refractivity contribution is 7.99. The van der Waals surface area contributed by atoms with Gasteiger partial charge in [-0.3, -0.25) is 4.79 Å². The van der Waals surface area contributed by atoms with Crippen LogP contribution in [0.25, 0.3) is 10.9 Å². The van der Waals surface area contributed by atoms with Crippen LogP contribution in [-0.4, -0.2) is 66.2 Å². The lowest BCUT2D eigenvalue weighted by molar-refractivity contribution is 0.1000. The molecule has 10 heteroatoms. The van der Waals surface area contributed by atoms with Crippen LogP contribution < -0.4 is 10.9 Å². The number of hydrogen-bond donors (Lipinski definition) is 2. The lowest BCUT2D eigenvalue weighted by atomic mass is 9.95. The van der Waals surface area contributed by atoms with E-state index in [1.165, 1.54) is 6.07 Å². The van der Waals surface area contributed by atoms with Gasteiger partial charge < -0.3 is 19.9 Å². The molecule has 0 radical (unpaired) electrons. The van der Waals surface area contributed by atoms with Gasteiger partial charge in [-0.25, -0.2) is 18.2 Å². The van der Waals surface area contributed by atoms with Gasteiger partial charge in [0.1, 0.15) is 17.4 Å². The number of nitrogens with one attached hydrogen (secondary N) is 2. The summed E-state index contributed by atoms with van der Waals surface area (Å²) in [5.74, 6) is -1.78. The maximum Gasteiger partial charge on any atom is 0.261 e. The predicted molar refractivity (Wildman–Crippen MR) is 116 cm³/mol. The molecule has 31 heavy (non-hydrogen) atoms. The van der Waals surface area contributed by atoms with Gasteiger partial charge in [0.15, 0.2) is 11.6 Å². The normalized spacial score (nSPS) is 23.4. The maximum absolute atomic E-state index is 14.6. The van der Waals surface area contributed by atoms with Gasteiger partial charge in [-0.15, -0.1) is 0 Å². The van der Waals surface area contributed by atoms with E-state index in [2.05, 4.69) is 15.3 Å². The number of alkyl halides is 1. The minimum Gasteiger partial charge on any atom is -0.382 e. The summed E-state index contributed by atoms with van der Waals surface area (Å²) in [5.41, 5.74) is -0.708. The van der Waals surface area contributed by atoms with Crippen molar-refractivity contribution in [2.45, 2.75) is 36.4 Å². The Morgan fingerprint density at radius 1 is 1.29 bits per heavy atom. The van der Waals surface area contributed by atoms with Crippen molar-refractivity contribution in [3.05, 3.63) is 33.9 Å². The van der Waals surface area contributed by atoms with Gasteiger partial charge in [0.25, 0.3) is 5.56 Å². The highest BCUT2D eigenvalue weighted by Gasteiger charge is 2.28. The standard InChI is InChI=1S/C21H27F3N4O2S/c1-28-5-2-12(14(22)10-28)9-25-16-8-15-18(20(24)19(16)23)21(29)27-17(26-15)11-31-13-3-6-30-7-4-13/h8,12-14,25H,2-7,9-11H2,1H3,(H,26,27,29)/t12-,14+/m0/s1. The number of rotatable bonds is 6. The van der Waals surface area contributed by atoms with Crippen LogP contribution in [-0.2, 0) is 10.5 Å². The minimum absolute atomic E-state index is 0.0907. The number of H-pyrrole nitrogens is 1. The third-order valence-electron chi connectivity index (χ3n) is 5.98. The molecule has 0 saturated carbocycles. The molecular weight excluding hydrogens is 429 g/mol. The van der Waals surface area contributed by atoms with Crippen molar-refractivity contribution in [1.29, 1.82) is 0 Å². The first-order valence-electron chi connectivity index (χ1n) is 10.6. The molecule has 0 amide bonds. The Labute approximate surface area is 182 Å². The summed E-state index contributed by atoms with van der Waals surface area (Å²) in [6, 6.07) is 1.34. The van der Waals surface area contributed by atoms with Gasteiger partial charge in [0, 0.05) is 37.5 Å². The van der Waals surface area contributed by atoms with E-state index in [9.17, 15) is 18.0 Å². The molecule has 6 nitrogen and oxygen atoms in total. The zero-order valence-electron chi connectivity index (χ0n) is 17.4. The van der Waals surface area contributed by atoms with E-state index < -0.39 is 28.8 Å². The summed E-state index contributed by atoms with van der Waals surface area (Å²) in [4.78, 5) is 21.3. The fraction of sp³-hybridized carbons (Fsp3) is 0.619. The average molecular weight is 457 g/mol. The fourth-order valence-electron chi connectivity index (χ4n) is 4.10. The second kappa shape index (κ2) is 9.79. The Balaban J connectivity index is 1.52. The van der Waals surface area contributed by atoms with E-state index in [0.29, 0.717) is 29.8 Å². The van der Waals surface area contributed by atoms with Gasteiger partial charge in [0.2, 0.25) is 0 Å². The number of hydrogen-bond acceptors (Lipinski definition) is 6. The van der Waals surface area contributed by atoms with Crippen LogP contribution in [0.15, 0.2) is 10.9 Å². The summed E-state index contributed by atoms with van der Waals surface area (Å²) in [5, 5.41) is 2.86. The number of likely N-dealkylation sites (tertiary alicyclic amines) is 1. The largest absolute Gasteiger partial charge is 0.382 e. The number of anilines is 1. The number of fused-ring (bicyclic) bond motifs is 1. The molecule has 2 saturated heterocycles. The van der Waals surface area contributed by atoms with Crippen LogP contribution >= 0.6 is 11.8 Å². The summed E-state index contributed by atoms with van der Waals surface area (Å²) in [7, 11) is 1.86. The van der Waals surface area contributed by atoms with Gasteiger partial charge in [-0.05, 0) is 38.9 Å². The first kappa shape index (κ1) is 22.4. The molecule has 2 atom stereocenters. The zero-order chi connectivity index (χ0) is 22.0. The van der Waals surface area contributed by atoms with Gasteiger partial charge in [-0.2, -0.15) is 11.8 Å². The summed E-state index contributed by atoms with van der Waals surface area (Å²) in [6.07, 6.45) is 1.47. The Bertz CT molecular complexity index is 983. The van der Waals surface area contributed by atoms with Crippen LogP contribution in [0.1, 0.15) is 25.1 Å². The van der Waals surface area contributed by atoms with E-state index in [1.807, 2.05) is 11.9 Å². The lowest BCUT2D eigenvalue weighted by Gasteiger charge is -2.32. The molecule has 2 N–H and O–H groups in total. The molecule has 1 aromatic carbocycles. The van der Waals surface area contributed by atoms with Crippen LogP contribution in [0.2, 0.25) is 0 Å². The number of nitrogens with zero attached hydrogens (tertiary/aromatic N) is 2. The molecule has 1 aromatic heterocycles. The van der Waals surface area contributed by atoms with Crippen LogP contribution in [0.4, 0.5) is 18.9 Å². The molecule has 0 spiro atoms. The minimum atomic E-state index is -1.24. The molecule has 0 aliphatic carbocycles. The van der Waals surface area contributed by atoms with E-state index in [4.69, 9.17) is 4.74 Å². The predicted octanol–water partition coefficient (Wildman–Crippen LogP) is 3.32. The Hall–Kier alpha value is -1.78. The number of aromatic nitrogens is 2. The Morgan fingerprint density at radius 2 is 2.06 bits per heavy atom. The molecular formula is C21H27F3N4O2S. The number of benzene rings is 1. The zero-order valence-corrected chi connectivity index (χ0v) is 18.2. The van der Waals surface area contributed by atoms with E-state index in [1.54, 1.807) is 11.8 Å². The van der Waals surface area contributed by atoms with Crippen molar-refractivity contribution >= 4 is 28.4 Å². The first-order chi connectivity index (χ1) is 14.9. The SMILES string of the molecule is CN1CC[C@@H](CNc2cc3nc(CSC4CCOCC4)[nH]c(=O)c3c(F)c2F)[C@H](F)C1. The molecule has 170 valence electrons. The lowest BCUT2D eigenvalue weighted by Crippen LogP contribution is -2.42. The van der Waals surface area contributed by atoms with Crippen molar-refractivity contribution in [2.75, 3.05) is 45.2 Å². The molecule has 2 aromatic rings. The second-order valence-electron chi connectivity index (χ2n) is 8.29. The van der Waals surface area contributed by atoms with Crippen LogP contribution in [0.3, 0.4) is 0 Å². The number of aromatic amines is 1. The molecule has 4 rings (SSSR count). The van der Waals surface area contributed by atoms with Crippen molar-refractivity contribution < 1.29 is 17.9 Å². The summed E-state index contributed by atoms with van der Waals surface area (Å²) < 4.78 is 48.8. The molecule has 0 unspecified atom stereocenters. The van der Waals surface area contributed by atoms with Crippen molar-refractivity contribution in [3.8, 4) is 0 Å². The van der Waals surface area contributed by atoms with Crippen molar-refractivity contribution in [3.63, 3.8) is 0 Å². The summed E-state index contributed by atoms with van der Waals surface area (Å²) in [6.45, 7) is 2.71. The topological polar surface area (TPSA) is 70.2 Å². The van der Waals surface area contributed by atoms with E-state index >= 15 is 0 Å². The number of halogens is 3. The van der Waals surface area contributed by atoms with E-state index in [0.717, 1.165) is 32.6 Å². The quantitative estimate of drug-likeness (QED) is 0.695. The maximum atomic E-state index is 14.6. The second-order valence-corrected chi connectivity index (χ2v) is 9.58. The molecule has 2 aliphatic heterocycles. The van der Waals surface area contributed by atoms with Gasteiger partial charge >= 0.3 is 0 Å². The number of piperidine rings is 1.